The maximum absolute atomic E-state index is 11.3. The highest BCUT2D eigenvalue weighted by Gasteiger charge is 2.41. The van der Waals surface area contributed by atoms with Crippen LogP contribution < -0.4 is 0 Å². The summed E-state index contributed by atoms with van der Waals surface area (Å²) < 4.78 is 5.10. The van der Waals surface area contributed by atoms with E-state index in [1.54, 1.807) is 13.8 Å². The van der Waals surface area contributed by atoms with E-state index in [9.17, 15) is 9.90 Å². The lowest BCUT2D eigenvalue weighted by Crippen LogP contribution is -2.22. The zero-order chi connectivity index (χ0) is 17.9. The minimum atomic E-state index is -0.767. The predicted octanol–water partition coefficient (Wildman–Crippen LogP) is 3.26. The van der Waals surface area contributed by atoms with Crippen LogP contribution in [-0.4, -0.2) is 30.3 Å². The molecule has 0 bridgehead atoms. The molecule has 0 unspecified atom stereocenters. The van der Waals surface area contributed by atoms with Crippen LogP contribution in [0.5, 0.6) is 0 Å². The van der Waals surface area contributed by atoms with Gasteiger partial charge in [0, 0.05) is 0 Å². The zero-order valence-corrected chi connectivity index (χ0v) is 13.8. The first kappa shape index (κ1) is 21.9. The average molecular weight is 308 g/mol. The Morgan fingerprint density at radius 1 is 1.00 bits per heavy atom. The molecule has 0 amide bonds. The number of carbonyl (C=O) groups is 3. The Labute approximate surface area is 131 Å². The number of esters is 1. The van der Waals surface area contributed by atoms with Crippen molar-refractivity contribution in [3.8, 4) is 0 Å². The summed E-state index contributed by atoms with van der Waals surface area (Å²) in [7, 11) is 0. The number of hydrogen-bond acceptors (Lipinski definition) is 5. The summed E-state index contributed by atoms with van der Waals surface area (Å²) in [4.78, 5) is 27.3. The fourth-order valence-corrected chi connectivity index (χ4v) is 1.92. The molecule has 1 aromatic carbocycles. The van der Waals surface area contributed by atoms with Crippen LogP contribution in [0.1, 0.15) is 38.8 Å². The quantitative estimate of drug-likeness (QED) is 0.805. The first-order chi connectivity index (χ1) is 10.4. The topological polar surface area (TPSA) is 80.7 Å². The third kappa shape index (κ3) is 5.16. The maximum atomic E-state index is 11.3. The highest BCUT2D eigenvalue weighted by atomic mass is 16.6. The molecule has 0 aromatic heterocycles. The number of carbonyl (C=O) groups excluding carboxylic acids is 3. The molecule has 0 aliphatic carbocycles. The molecule has 0 saturated heterocycles. The van der Waals surface area contributed by atoms with Gasteiger partial charge in [0.25, 0.3) is 0 Å². The minimum Gasteiger partial charge on any atom is -0.502 e. The van der Waals surface area contributed by atoms with Crippen molar-refractivity contribution >= 4 is 25.1 Å². The van der Waals surface area contributed by atoms with Crippen molar-refractivity contribution < 1.29 is 24.2 Å². The van der Waals surface area contributed by atoms with Crippen LogP contribution in [-0.2, 0) is 19.1 Å². The lowest BCUT2D eigenvalue weighted by Gasteiger charge is -2.20. The molecule has 1 aliphatic heterocycles. The molecule has 1 aliphatic rings. The molecule has 22 heavy (non-hydrogen) atoms. The van der Waals surface area contributed by atoms with Crippen molar-refractivity contribution in [2.45, 2.75) is 40.2 Å². The van der Waals surface area contributed by atoms with Gasteiger partial charge in [-0.2, -0.15) is 0 Å². The Bertz CT molecular complexity index is 498. The molecule has 0 radical (unpaired) electrons. The Morgan fingerprint density at radius 3 is 1.73 bits per heavy atom. The second kappa shape index (κ2) is 10.3. The molecule has 5 nitrogen and oxygen atoms in total. The van der Waals surface area contributed by atoms with Crippen LogP contribution in [0.3, 0.4) is 0 Å². The van der Waals surface area contributed by atoms with Gasteiger partial charge in [-0.05, 0) is 26.3 Å². The molecule has 2 rings (SSSR count). The Hall–Kier alpha value is -2.43. The predicted molar refractivity (Wildman–Crippen MR) is 86.5 cm³/mol. The van der Waals surface area contributed by atoms with Gasteiger partial charge in [-0.1, -0.05) is 43.7 Å². The number of ether oxygens (including phenoxy) is 1. The fourth-order valence-electron chi connectivity index (χ4n) is 1.92. The fraction of sp³-hybridized carbons (Fsp3) is 0.353. The average Bonchev–Trinajstić information content (AvgIpc) is 2.75. The van der Waals surface area contributed by atoms with E-state index in [4.69, 9.17) is 14.3 Å². The van der Waals surface area contributed by atoms with E-state index < -0.39 is 11.6 Å². The molecule has 122 valence electrons. The van der Waals surface area contributed by atoms with Gasteiger partial charge in [0.15, 0.2) is 0 Å². The zero-order valence-electron chi connectivity index (χ0n) is 13.8. The number of hydrogen-bond donors (Lipinski definition) is 1. The largest absolute Gasteiger partial charge is 0.502 e. The van der Waals surface area contributed by atoms with Crippen molar-refractivity contribution in [3.05, 3.63) is 41.2 Å². The highest BCUT2D eigenvalue weighted by Crippen LogP contribution is 2.38. The number of rotatable bonds is 1. The minimum absolute atomic E-state index is 0.283. The van der Waals surface area contributed by atoms with Gasteiger partial charge in [-0.15, -0.1) is 0 Å². The third-order valence-electron chi connectivity index (χ3n) is 2.72. The highest BCUT2D eigenvalue weighted by molar-refractivity contribution is 6.01. The summed E-state index contributed by atoms with van der Waals surface area (Å²) in [6.45, 7) is 13.5. The molecule has 1 N–H and O–H groups in total. The molecule has 1 aromatic rings. The Balaban J connectivity index is 0. The van der Waals surface area contributed by atoms with E-state index in [-0.39, 0.29) is 5.76 Å². The van der Waals surface area contributed by atoms with E-state index >= 15 is 0 Å². The maximum Gasteiger partial charge on any atom is 0.374 e. The first-order valence-electron chi connectivity index (χ1n) is 6.73. The number of aryl methyl sites for hydroxylation is 1. The summed E-state index contributed by atoms with van der Waals surface area (Å²) in [5, 5.41) is 9.72. The van der Waals surface area contributed by atoms with E-state index in [0.29, 0.717) is 5.57 Å². The van der Waals surface area contributed by atoms with Gasteiger partial charge in [0.1, 0.15) is 19.2 Å². The standard InChI is InChI=1S/C13H14O3.C2H6.2CH2O/c1-8-4-6-9(7-5-8)10-11(14)12(15)16-13(10,2)3;3*1-2/h4-7,14H,1-3H3;1-2H3;2*1H2. The summed E-state index contributed by atoms with van der Waals surface area (Å²) in [6, 6.07) is 7.64. The Kier molecular flexibility index (Phi) is 10.3. The van der Waals surface area contributed by atoms with Crippen LogP contribution in [0.15, 0.2) is 30.0 Å². The molecule has 0 spiro atoms. The van der Waals surface area contributed by atoms with Gasteiger partial charge in [0.2, 0.25) is 5.76 Å². The van der Waals surface area contributed by atoms with Crippen molar-refractivity contribution in [3.63, 3.8) is 0 Å². The molecule has 5 heteroatoms. The summed E-state index contributed by atoms with van der Waals surface area (Å²) in [6.07, 6.45) is 0. The number of benzene rings is 1. The second-order valence-corrected chi connectivity index (χ2v) is 4.49. The van der Waals surface area contributed by atoms with Crippen molar-refractivity contribution in [1.82, 2.24) is 0 Å². The van der Waals surface area contributed by atoms with Crippen molar-refractivity contribution in [2.24, 2.45) is 0 Å². The second-order valence-electron chi connectivity index (χ2n) is 4.49. The van der Waals surface area contributed by atoms with Gasteiger partial charge in [-0.3, -0.25) is 0 Å². The van der Waals surface area contributed by atoms with E-state index in [1.807, 2.05) is 58.6 Å². The monoisotopic (exact) mass is 308 g/mol. The summed E-state index contributed by atoms with van der Waals surface area (Å²) in [5.74, 6) is -0.936. The molecular formula is C17H24O5. The van der Waals surface area contributed by atoms with Crippen LogP contribution in [0, 0.1) is 6.92 Å². The van der Waals surface area contributed by atoms with Gasteiger partial charge in [-0.25, -0.2) is 4.79 Å². The van der Waals surface area contributed by atoms with Crippen molar-refractivity contribution in [2.75, 3.05) is 0 Å². The Morgan fingerprint density at radius 2 is 1.41 bits per heavy atom. The summed E-state index contributed by atoms with van der Waals surface area (Å²) in [5.41, 5.74) is 1.74. The lowest BCUT2D eigenvalue weighted by atomic mass is 9.91. The van der Waals surface area contributed by atoms with Crippen LogP contribution in [0.25, 0.3) is 5.57 Å². The third-order valence-corrected chi connectivity index (χ3v) is 2.72. The first-order valence-corrected chi connectivity index (χ1v) is 6.73. The van der Waals surface area contributed by atoms with Crippen LogP contribution >= 0.6 is 0 Å². The van der Waals surface area contributed by atoms with E-state index in [0.717, 1.165) is 11.1 Å². The van der Waals surface area contributed by atoms with E-state index in [1.165, 1.54) is 0 Å². The smallest absolute Gasteiger partial charge is 0.374 e. The van der Waals surface area contributed by atoms with E-state index in [2.05, 4.69) is 0 Å². The molecule has 0 fully saturated rings. The molecule has 0 atom stereocenters. The molecular weight excluding hydrogens is 284 g/mol. The van der Waals surface area contributed by atoms with Gasteiger partial charge >= 0.3 is 5.97 Å². The number of cyclic esters (lactones) is 1. The number of aliphatic hydroxyl groups is 1. The normalized spacial score (nSPS) is 14.3. The lowest BCUT2D eigenvalue weighted by molar-refractivity contribution is -0.146. The summed E-state index contributed by atoms with van der Waals surface area (Å²) >= 11 is 0. The SMILES string of the molecule is C=O.C=O.CC.Cc1ccc(C2=C(O)C(=O)OC2(C)C)cc1. The van der Waals surface area contributed by atoms with Crippen molar-refractivity contribution in [1.29, 1.82) is 0 Å². The van der Waals surface area contributed by atoms with Gasteiger partial charge < -0.3 is 19.4 Å². The number of aliphatic hydroxyl groups excluding tert-OH is 1. The molecule has 1 heterocycles. The van der Waals surface area contributed by atoms with Crippen LogP contribution in [0.2, 0.25) is 0 Å². The van der Waals surface area contributed by atoms with Crippen LogP contribution in [0.4, 0.5) is 0 Å². The van der Waals surface area contributed by atoms with Gasteiger partial charge in [0.05, 0.1) is 5.57 Å². The molecule has 0 saturated carbocycles.